The molecule has 0 spiro atoms. The Bertz CT molecular complexity index is 753. The van der Waals surface area contributed by atoms with Crippen molar-refractivity contribution >= 4 is 12.0 Å². The number of methoxy groups -OCH3 is 1. The normalized spacial score (nSPS) is 18.0. The number of nitrogens with zero attached hydrogens (tertiary/aromatic N) is 1. The lowest BCUT2D eigenvalue weighted by Crippen LogP contribution is -2.54. The molecule has 1 aliphatic rings. The van der Waals surface area contributed by atoms with Gasteiger partial charge in [-0.05, 0) is 45.9 Å². The van der Waals surface area contributed by atoms with Crippen molar-refractivity contribution in [3.05, 3.63) is 23.8 Å². The van der Waals surface area contributed by atoms with E-state index < -0.39 is 30.5 Å². The predicted octanol–water partition coefficient (Wildman–Crippen LogP) is 3.05. The highest BCUT2D eigenvalue weighted by atomic mass is 19.3. The van der Waals surface area contributed by atoms with Gasteiger partial charge in [0.25, 0.3) is 5.91 Å². The fourth-order valence-corrected chi connectivity index (χ4v) is 2.93. The zero-order valence-corrected chi connectivity index (χ0v) is 17.7. The first-order chi connectivity index (χ1) is 14.0. The summed E-state index contributed by atoms with van der Waals surface area (Å²) in [5, 5.41) is 2.71. The van der Waals surface area contributed by atoms with Crippen molar-refractivity contribution < 1.29 is 37.3 Å². The highest BCUT2D eigenvalue weighted by Gasteiger charge is 2.31. The Morgan fingerprint density at radius 1 is 1.27 bits per heavy atom. The minimum Gasteiger partial charge on any atom is -0.493 e. The lowest BCUT2D eigenvalue weighted by Gasteiger charge is -2.36. The van der Waals surface area contributed by atoms with E-state index in [1.807, 2.05) is 0 Å². The van der Waals surface area contributed by atoms with Gasteiger partial charge in [-0.25, -0.2) is 4.79 Å². The van der Waals surface area contributed by atoms with E-state index in [9.17, 15) is 18.4 Å². The van der Waals surface area contributed by atoms with Crippen LogP contribution in [0.3, 0.4) is 0 Å². The summed E-state index contributed by atoms with van der Waals surface area (Å²) >= 11 is 0. The Kier molecular flexibility index (Phi) is 7.83. The van der Waals surface area contributed by atoms with Crippen LogP contribution in [-0.4, -0.2) is 68.1 Å². The van der Waals surface area contributed by atoms with Gasteiger partial charge in [-0.1, -0.05) is 0 Å². The molecule has 0 saturated carbocycles. The highest BCUT2D eigenvalue weighted by Crippen LogP contribution is 2.30. The Morgan fingerprint density at radius 3 is 2.57 bits per heavy atom. The third kappa shape index (κ3) is 6.72. The molecule has 0 bridgehead atoms. The maximum atomic E-state index is 12.9. The fraction of sp³-hybridized carbons (Fsp3) is 0.600. The summed E-state index contributed by atoms with van der Waals surface area (Å²) in [5.41, 5.74) is -0.453. The van der Waals surface area contributed by atoms with Crippen LogP contribution < -0.4 is 14.8 Å². The maximum absolute atomic E-state index is 12.9. The first-order valence-corrected chi connectivity index (χ1v) is 9.53. The highest BCUT2D eigenvalue weighted by molar-refractivity contribution is 5.95. The van der Waals surface area contributed by atoms with Crippen molar-refractivity contribution in [2.24, 2.45) is 0 Å². The maximum Gasteiger partial charge on any atom is 0.407 e. The molecule has 0 aliphatic carbocycles. The quantitative estimate of drug-likeness (QED) is 0.747. The number of alkyl carbamates (subject to hydrolysis) is 1. The van der Waals surface area contributed by atoms with Gasteiger partial charge in [0.1, 0.15) is 5.60 Å². The molecule has 1 saturated heterocycles. The molecule has 2 amide bonds. The largest absolute Gasteiger partial charge is 0.493 e. The van der Waals surface area contributed by atoms with Crippen molar-refractivity contribution in [1.29, 1.82) is 0 Å². The van der Waals surface area contributed by atoms with Crippen molar-refractivity contribution in [2.45, 2.75) is 52.1 Å². The van der Waals surface area contributed by atoms with Gasteiger partial charge >= 0.3 is 12.7 Å². The monoisotopic (exact) mass is 430 g/mol. The number of carbonyl (C=O) groups is 2. The average molecular weight is 430 g/mol. The minimum atomic E-state index is -3.04. The molecule has 1 aliphatic heterocycles. The molecule has 1 fully saturated rings. The molecule has 168 valence electrons. The van der Waals surface area contributed by atoms with Gasteiger partial charge in [0, 0.05) is 18.7 Å². The molecule has 1 aromatic rings. The van der Waals surface area contributed by atoms with Crippen LogP contribution in [0.15, 0.2) is 18.2 Å². The fourth-order valence-electron chi connectivity index (χ4n) is 2.93. The van der Waals surface area contributed by atoms with Gasteiger partial charge < -0.3 is 29.2 Å². The standard InChI is InChI=1S/C20H28F2N2O6/c1-12(23-19(26)30-20(2,3)4)16-11-24(8-9-28-16)17(25)13-6-7-14(27-5)15(10-13)29-18(21)22/h6-7,10,12,16,18H,8-9,11H2,1-5H3,(H,23,26)/t12-,16-/m1/s1. The van der Waals surface area contributed by atoms with E-state index >= 15 is 0 Å². The molecular formula is C20H28F2N2O6. The topological polar surface area (TPSA) is 86.3 Å². The molecule has 0 radical (unpaired) electrons. The third-order valence-corrected chi connectivity index (χ3v) is 4.31. The molecule has 2 rings (SSSR count). The predicted molar refractivity (Wildman–Crippen MR) is 104 cm³/mol. The molecule has 10 heteroatoms. The number of amides is 2. The molecule has 0 aromatic heterocycles. The first-order valence-electron chi connectivity index (χ1n) is 9.53. The summed E-state index contributed by atoms with van der Waals surface area (Å²) in [5.74, 6) is -0.487. The lowest BCUT2D eigenvalue weighted by atomic mass is 10.1. The van der Waals surface area contributed by atoms with Gasteiger partial charge in [0.2, 0.25) is 0 Å². The lowest BCUT2D eigenvalue weighted by molar-refractivity contribution is -0.0513. The Morgan fingerprint density at radius 2 is 1.97 bits per heavy atom. The van der Waals surface area contributed by atoms with Gasteiger partial charge in [0.15, 0.2) is 11.5 Å². The van der Waals surface area contributed by atoms with E-state index in [1.54, 1.807) is 27.7 Å². The van der Waals surface area contributed by atoms with Crippen molar-refractivity contribution in [1.82, 2.24) is 10.2 Å². The van der Waals surface area contributed by atoms with E-state index in [0.717, 1.165) is 0 Å². The van der Waals surface area contributed by atoms with E-state index in [-0.39, 0.29) is 36.1 Å². The summed E-state index contributed by atoms with van der Waals surface area (Å²) in [6.07, 6.45) is -1.03. The van der Waals surface area contributed by atoms with Crippen LogP contribution in [0.4, 0.5) is 13.6 Å². The van der Waals surface area contributed by atoms with E-state index in [1.165, 1.54) is 30.2 Å². The van der Waals surface area contributed by atoms with E-state index in [4.69, 9.17) is 14.2 Å². The number of hydrogen-bond donors (Lipinski definition) is 1. The molecule has 1 N–H and O–H groups in total. The van der Waals surface area contributed by atoms with Crippen LogP contribution in [0.25, 0.3) is 0 Å². The zero-order chi connectivity index (χ0) is 22.5. The Balaban J connectivity index is 2.06. The molecule has 30 heavy (non-hydrogen) atoms. The van der Waals surface area contributed by atoms with Gasteiger partial charge in [-0.2, -0.15) is 8.78 Å². The first kappa shape index (κ1) is 23.7. The van der Waals surface area contributed by atoms with Crippen molar-refractivity contribution in [2.75, 3.05) is 26.8 Å². The molecule has 8 nitrogen and oxygen atoms in total. The average Bonchev–Trinajstić information content (AvgIpc) is 2.65. The van der Waals surface area contributed by atoms with Crippen LogP contribution in [-0.2, 0) is 9.47 Å². The smallest absolute Gasteiger partial charge is 0.407 e. The van der Waals surface area contributed by atoms with Crippen molar-refractivity contribution in [3.63, 3.8) is 0 Å². The number of rotatable bonds is 6. The molecule has 0 unspecified atom stereocenters. The number of benzene rings is 1. The molecular weight excluding hydrogens is 402 g/mol. The molecule has 1 heterocycles. The molecule has 2 atom stereocenters. The van der Waals surface area contributed by atoms with Crippen LogP contribution in [0, 0.1) is 0 Å². The number of morpholine rings is 1. The summed E-state index contributed by atoms with van der Waals surface area (Å²) in [6.45, 7) is 4.80. The summed E-state index contributed by atoms with van der Waals surface area (Å²) in [7, 11) is 1.32. The second kappa shape index (κ2) is 9.92. The Hall–Kier alpha value is -2.62. The van der Waals surface area contributed by atoms with Gasteiger partial charge in [-0.3, -0.25) is 4.79 Å². The second-order valence-electron chi connectivity index (χ2n) is 7.84. The molecule has 1 aromatic carbocycles. The third-order valence-electron chi connectivity index (χ3n) is 4.31. The number of ether oxygens (including phenoxy) is 4. The minimum absolute atomic E-state index is 0.0990. The summed E-state index contributed by atoms with van der Waals surface area (Å²) < 4.78 is 45.6. The van der Waals surface area contributed by atoms with Crippen LogP contribution in [0.1, 0.15) is 38.1 Å². The second-order valence-corrected chi connectivity index (χ2v) is 7.84. The van der Waals surface area contributed by atoms with Gasteiger partial charge in [-0.15, -0.1) is 0 Å². The van der Waals surface area contributed by atoms with Crippen LogP contribution in [0.2, 0.25) is 0 Å². The SMILES string of the molecule is COc1ccc(C(=O)N2CCO[C@@H]([C@@H](C)NC(=O)OC(C)(C)C)C2)cc1OC(F)F. The van der Waals surface area contributed by atoms with Gasteiger partial charge in [0.05, 0.1) is 25.9 Å². The number of hydrogen-bond acceptors (Lipinski definition) is 6. The Labute approximate surface area is 174 Å². The van der Waals surface area contributed by atoms with Crippen LogP contribution >= 0.6 is 0 Å². The summed E-state index contributed by atoms with van der Waals surface area (Å²) in [4.78, 5) is 26.4. The number of nitrogens with one attached hydrogen (secondary N) is 1. The zero-order valence-electron chi connectivity index (χ0n) is 17.7. The van der Waals surface area contributed by atoms with E-state index in [2.05, 4.69) is 10.1 Å². The number of halogens is 2. The summed E-state index contributed by atoms with van der Waals surface area (Å²) in [6, 6.07) is 3.69. The van der Waals surface area contributed by atoms with Crippen molar-refractivity contribution in [3.8, 4) is 11.5 Å². The van der Waals surface area contributed by atoms with Crippen LogP contribution in [0.5, 0.6) is 11.5 Å². The number of alkyl halides is 2. The van der Waals surface area contributed by atoms with E-state index in [0.29, 0.717) is 6.54 Å². The number of carbonyl (C=O) groups excluding carboxylic acids is 2.